The van der Waals surface area contributed by atoms with E-state index >= 15 is 0 Å². The van der Waals surface area contributed by atoms with Gasteiger partial charge in [-0.3, -0.25) is 4.79 Å². The molecule has 0 bridgehead atoms. The zero-order valence-corrected chi connectivity index (χ0v) is 16.1. The molecular weight excluding hydrogens is 338 g/mol. The average molecular weight is 363 g/mol. The normalized spacial score (nSPS) is 11.0. The largest absolute Gasteiger partial charge is 0.421 e. The lowest BCUT2D eigenvalue weighted by Crippen LogP contribution is -2.36. The van der Waals surface area contributed by atoms with Crippen LogP contribution >= 0.6 is 0 Å². The zero-order valence-electron chi connectivity index (χ0n) is 16.1. The minimum absolute atomic E-state index is 0.0870. The van der Waals surface area contributed by atoms with Crippen molar-refractivity contribution in [3.8, 4) is 11.5 Å². The summed E-state index contributed by atoms with van der Waals surface area (Å²) in [5.74, 6) is 1.06. The van der Waals surface area contributed by atoms with Gasteiger partial charge in [-0.05, 0) is 38.5 Å². The van der Waals surface area contributed by atoms with Crippen LogP contribution in [0.2, 0.25) is 0 Å². The molecule has 2 aromatic carbocycles. The first kappa shape index (κ1) is 18.8. The highest BCUT2D eigenvalue weighted by Gasteiger charge is 2.18. The summed E-state index contributed by atoms with van der Waals surface area (Å²) in [7, 11) is 0. The highest BCUT2D eigenvalue weighted by atomic mass is 16.4. The minimum atomic E-state index is 0.0870. The molecule has 0 unspecified atom stereocenters. The number of benzene rings is 2. The highest BCUT2D eigenvalue weighted by molar-refractivity contribution is 5.76. The van der Waals surface area contributed by atoms with Crippen molar-refractivity contribution >= 4 is 5.91 Å². The van der Waals surface area contributed by atoms with Crippen LogP contribution in [0.3, 0.4) is 0 Å². The maximum absolute atomic E-state index is 12.7. The van der Waals surface area contributed by atoms with Gasteiger partial charge in [-0.2, -0.15) is 0 Å². The fraction of sp³-hybridized carbons (Fsp3) is 0.318. The van der Waals surface area contributed by atoms with Crippen molar-refractivity contribution in [2.75, 3.05) is 0 Å². The van der Waals surface area contributed by atoms with Gasteiger partial charge in [0.2, 0.25) is 17.7 Å². The van der Waals surface area contributed by atoms with Gasteiger partial charge in [0.15, 0.2) is 0 Å². The second-order valence-electron chi connectivity index (χ2n) is 6.97. The van der Waals surface area contributed by atoms with E-state index in [0.717, 1.165) is 11.1 Å². The summed E-state index contributed by atoms with van der Waals surface area (Å²) in [6.45, 7) is 6.70. The maximum atomic E-state index is 12.7. The maximum Gasteiger partial charge on any atom is 0.247 e. The Morgan fingerprint density at radius 2 is 1.74 bits per heavy atom. The fourth-order valence-electron chi connectivity index (χ4n) is 2.86. The van der Waals surface area contributed by atoms with Crippen molar-refractivity contribution in [2.45, 2.75) is 46.2 Å². The van der Waals surface area contributed by atoms with E-state index in [0.29, 0.717) is 31.2 Å². The Morgan fingerprint density at radius 3 is 2.41 bits per heavy atom. The molecule has 0 aliphatic rings. The number of carbonyl (C=O) groups excluding carboxylic acids is 1. The van der Waals surface area contributed by atoms with E-state index in [-0.39, 0.29) is 11.9 Å². The summed E-state index contributed by atoms with van der Waals surface area (Å²) in [5.41, 5.74) is 3.19. The topological polar surface area (TPSA) is 59.2 Å². The highest BCUT2D eigenvalue weighted by Crippen LogP contribution is 2.19. The second kappa shape index (κ2) is 8.62. The van der Waals surface area contributed by atoms with Gasteiger partial charge < -0.3 is 9.32 Å². The number of aromatic nitrogens is 2. The SMILES string of the molecule is Cc1ccc(-c2nnc(CCC(=O)N(Cc3ccccc3)C(C)C)o2)cc1. The molecule has 0 atom stereocenters. The van der Waals surface area contributed by atoms with Crippen LogP contribution in [0.4, 0.5) is 0 Å². The monoisotopic (exact) mass is 363 g/mol. The van der Waals surface area contributed by atoms with Crippen LogP contribution in [-0.2, 0) is 17.8 Å². The predicted molar refractivity (Wildman–Crippen MR) is 105 cm³/mol. The van der Waals surface area contributed by atoms with Crippen LogP contribution in [0.5, 0.6) is 0 Å². The lowest BCUT2D eigenvalue weighted by atomic mass is 10.1. The molecule has 0 aliphatic carbocycles. The molecule has 0 saturated heterocycles. The zero-order chi connectivity index (χ0) is 19.2. The van der Waals surface area contributed by atoms with E-state index in [1.54, 1.807) is 0 Å². The lowest BCUT2D eigenvalue weighted by molar-refractivity contribution is -0.133. The number of amides is 1. The van der Waals surface area contributed by atoms with Gasteiger partial charge in [0, 0.05) is 31.0 Å². The van der Waals surface area contributed by atoms with Crippen LogP contribution in [0.1, 0.15) is 37.3 Å². The van der Waals surface area contributed by atoms with Crippen LogP contribution in [0.25, 0.3) is 11.5 Å². The van der Waals surface area contributed by atoms with Crippen LogP contribution in [-0.4, -0.2) is 27.0 Å². The number of aryl methyl sites for hydroxylation is 2. The number of hydrogen-bond acceptors (Lipinski definition) is 4. The summed E-state index contributed by atoms with van der Waals surface area (Å²) in [6, 6.07) is 18.1. The van der Waals surface area contributed by atoms with Crippen LogP contribution in [0.15, 0.2) is 59.0 Å². The van der Waals surface area contributed by atoms with Gasteiger partial charge in [0.25, 0.3) is 0 Å². The third kappa shape index (κ3) is 5.03. The smallest absolute Gasteiger partial charge is 0.247 e. The van der Waals surface area contributed by atoms with Crippen molar-refractivity contribution in [2.24, 2.45) is 0 Å². The van der Waals surface area contributed by atoms with Gasteiger partial charge >= 0.3 is 0 Å². The molecule has 0 fully saturated rings. The first-order chi connectivity index (χ1) is 13.0. The van der Waals surface area contributed by atoms with Crippen molar-refractivity contribution in [1.29, 1.82) is 0 Å². The van der Waals surface area contributed by atoms with Gasteiger partial charge in [-0.15, -0.1) is 10.2 Å². The van der Waals surface area contributed by atoms with E-state index in [1.807, 2.05) is 80.3 Å². The molecule has 140 valence electrons. The van der Waals surface area contributed by atoms with Gasteiger partial charge in [-0.25, -0.2) is 0 Å². The summed E-state index contributed by atoms with van der Waals surface area (Å²) in [6.07, 6.45) is 0.788. The van der Waals surface area contributed by atoms with E-state index in [1.165, 1.54) is 5.56 Å². The van der Waals surface area contributed by atoms with E-state index in [4.69, 9.17) is 4.42 Å². The molecule has 0 N–H and O–H groups in total. The van der Waals surface area contributed by atoms with Crippen molar-refractivity contribution in [3.63, 3.8) is 0 Å². The minimum Gasteiger partial charge on any atom is -0.421 e. The molecule has 1 aromatic heterocycles. The molecule has 0 aliphatic heterocycles. The van der Waals surface area contributed by atoms with Crippen molar-refractivity contribution in [3.05, 3.63) is 71.6 Å². The summed E-state index contributed by atoms with van der Waals surface area (Å²) < 4.78 is 5.73. The standard InChI is InChI=1S/C22H25N3O2/c1-16(2)25(15-18-7-5-4-6-8-18)21(26)14-13-20-23-24-22(27-20)19-11-9-17(3)10-12-19/h4-12,16H,13-15H2,1-3H3. The molecule has 5 nitrogen and oxygen atoms in total. The van der Waals surface area contributed by atoms with Gasteiger partial charge in [0.1, 0.15) is 0 Å². The van der Waals surface area contributed by atoms with E-state index in [9.17, 15) is 4.79 Å². The first-order valence-electron chi connectivity index (χ1n) is 9.26. The third-order valence-corrected chi connectivity index (χ3v) is 4.46. The number of hydrogen-bond donors (Lipinski definition) is 0. The Hall–Kier alpha value is -2.95. The molecule has 0 radical (unpaired) electrons. The molecule has 0 saturated carbocycles. The van der Waals surface area contributed by atoms with Crippen molar-refractivity contribution < 1.29 is 9.21 Å². The molecule has 3 rings (SSSR count). The Balaban J connectivity index is 1.61. The van der Waals surface area contributed by atoms with Crippen LogP contribution in [0, 0.1) is 6.92 Å². The van der Waals surface area contributed by atoms with E-state index < -0.39 is 0 Å². The predicted octanol–water partition coefficient (Wildman–Crippen LogP) is 4.41. The molecule has 27 heavy (non-hydrogen) atoms. The van der Waals surface area contributed by atoms with Crippen molar-refractivity contribution in [1.82, 2.24) is 15.1 Å². The molecule has 0 spiro atoms. The molecular formula is C22H25N3O2. The molecule has 5 heteroatoms. The fourth-order valence-corrected chi connectivity index (χ4v) is 2.86. The van der Waals surface area contributed by atoms with E-state index in [2.05, 4.69) is 10.2 Å². The second-order valence-corrected chi connectivity index (χ2v) is 6.97. The molecule has 3 aromatic rings. The Kier molecular flexibility index (Phi) is 6.01. The Labute approximate surface area is 160 Å². The lowest BCUT2D eigenvalue weighted by Gasteiger charge is -2.27. The van der Waals surface area contributed by atoms with Gasteiger partial charge in [-0.1, -0.05) is 48.0 Å². The first-order valence-corrected chi connectivity index (χ1v) is 9.26. The summed E-state index contributed by atoms with van der Waals surface area (Å²) in [4.78, 5) is 14.6. The number of carbonyl (C=O) groups is 1. The summed E-state index contributed by atoms with van der Waals surface area (Å²) in [5, 5.41) is 8.19. The van der Waals surface area contributed by atoms with Crippen LogP contribution < -0.4 is 0 Å². The quantitative estimate of drug-likeness (QED) is 0.624. The average Bonchev–Trinajstić information content (AvgIpc) is 3.14. The van der Waals surface area contributed by atoms with Gasteiger partial charge in [0.05, 0.1) is 0 Å². The number of nitrogens with zero attached hydrogens (tertiary/aromatic N) is 3. The molecule has 1 amide bonds. The summed E-state index contributed by atoms with van der Waals surface area (Å²) >= 11 is 0. The Morgan fingerprint density at radius 1 is 1.04 bits per heavy atom. The Bertz CT molecular complexity index is 870. The molecule has 1 heterocycles. The third-order valence-electron chi connectivity index (χ3n) is 4.46. The number of rotatable bonds is 7.